The van der Waals surface area contributed by atoms with Crippen LogP contribution in [-0.4, -0.2) is 27.9 Å². The Balaban J connectivity index is 1.52. The van der Waals surface area contributed by atoms with Crippen molar-refractivity contribution in [1.82, 2.24) is 15.1 Å². The van der Waals surface area contributed by atoms with Crippen LogP contribution in [0.15, 0.2) is 22.6 Å². The summed E-state index contributed by atoms with van der Waals surface area (Å²) in [6, 6.07) is 6.75. The fourth-order valence-corrected chi connectivity index (χ4v) is 3.61. The van der Waals surface area contributed by atoms with Gasteiger partial charge in [0, 0.05) is 19.5 Å². The Morgan fingerprint density at radius 3 is 2.67 bits per heavy atom. The van der Waals surface area contributed by atoms with Crippen molar-refractivity contribution in [2.75, 3.05) is 6.79 Å². The normalized spacial score (nSPS) is 17.6. The lowest BCUT2D eigenvalue weighted by Crippen LogP contribution is -2.36. The molecule has 0 bridgehead atoms. The fraction of sp³-hybridized carbons (Fsp3) is 0.556. The Labute approximate surface area is 141 Å². The van der Waals surface area contributed by atoms with Crippen molar-refractivity contribution in [2.45, 2.75) is 58.2 Å². The zero-order chi connectivity index (χ0) is 16.4. The number of aryl methyl sites for hydroxylation is 1. The first-order valence-electron chi connectivity index (χ1n) is 8.69. The van der Waals surface area contributed by atoms with Gasteiger partial charge in [-0.3, -0.25) is 4.90 Å². The second kappa shape index (κ2) is 6.81. The van der Waals surface area contributed by atoms with Gasteiger partial charge in [-0.2, -0.15) is 0 Å². The maximum absolute atomic E-state index is 5.61. The van der Waals surface area contributed by atoms with E-state index in [-0.39, 0.29) is 0 Å². The van der Waals surface area contributed by atoms with E-state index in [1.54, 1.807) is 0 Å². The largest absolute Gasteiger partial charge is 0.454 e. The van der Waals surface area contributed by atoms with Crippen molar-refractivity contribution in [1.29, 1.82) is 0 Å². The maximum atomic E-state index is 5.61. The van der Waals surface area contributed by atoms with Gasteiger partial charge in [0.25, 0.3) is 0 Å². The van der Waals surface area contributed by atoms with E-state index in [0.717, 1.165) is 18.0 Å². The molecule has 0 unspecified atom stereocenters. The van der Waals surface area contributed by atoms with E-state index in [1.165, 1.54) is 37.7 Å². The monoisotopic (exact) mass is 329 g/mol. The molecule has 2 heterocycles. The van der Waals surface area contributed by atoms with Crippen LogP contribution in [-0.2, 0) is 13.1 Å². The third-order valence-electron chi connectivity index (χ3n) is 4.82. The van der Waals surface area contributed by atoms with Gasteiger partial charge < -0.3 is 13.9 Å². The van der Waals surface area contributed by atoms with Crippen LogP contribution in [0.1, 0.15) is 49.4 Å². The number of nitrogens with zero attached hydrogens (tertiary/aromatic N) is 3. The molecule has 0 radical (unpaired) electrons. The van der Waals surface area contributed by atoms with Gasteiger partial charge in [-0.25, -0.2) is 0 Å². The van der Waals surface area contributed by atoms with Gasteiger partial charge in [-0.1, -0.05) is 25.3 Å². The van der Waals surface area contributed by atoms with E-state index < -0.39 is 0 Å². The van der Waals surface area contributed by atoms with E-state index in [2.05, 4.69) is 27.2 Å². The smallest absolute Gasteiger partial charge is 0.231 e. The lowest BCUT2D eigenvalue weighted by molar-refractivity contribution is 0.127. The molecule has 2 aliphatic rings. The van der Waals surface area contributed by atoms with Gasteiger partial charge in [0.1, 0.15) is 0 Å². The Bertz CT molecular complexity index is 695. The first-order valence-corrected chi connectivity index (χ1v) is 8.69. The third-order valence-corrected chi connectivity index (χ3v) is 4.82. The lowest BCUT2D eigenvalue weighted by atomic mass is 9.94. The molecular formula is C18H23N3O3. The van der Waals surface area contributed by atoms with Gasteiger partial charge >= 0.3 is 0 Å². The van der Waals surface area contributed by atoms with E-state index >= 15 is 0 Å². The van der Waals surface area contributed by atoms with Crippen LogP contribution in [0.25, 0.3) is 0 Å². The highest BCUT2D eigenvalue weighted by molar-refractivity contribution is 5.44. The second-order valence-electron chi connectivity index (χ2n) is 6.60. The molecule has 1 aliphatic carbocycles. The highest BCUT2D eigenvalue weighted by Gasteiger charge is 2.24. The van der Waals surface area contributed by atoms with Crippen molar-refractivity contribution in [3.63, 3.8) is 0 Å². The molecule has 1 aliphatic heterocycles. The average molecular weight is 329 g/mol. The molecule has 0 atom stereocenters. The summed E-state index contributed by atoms with van der Waals surface area (Å²) >= 11 is 0. The van der Waals surface area contributed by atoms with E-state index in [9.17, 15) is 0 Å². The molecule has 1 aromatic heterocycles. The molecule has 128 valence electrons. The van der Waals surface area contributed by atoms with E-state index in [1.807, 2.05) is 13.0 Å². The summed E-state index contributed by atoms with van der Waals surface area (Å²) in [5, 5.41) is 8.14. The molecule has 1 fully saturated rings. The fourth-order valence-electron chi connectivity index (χ4n) is 3.61. The number of aromatic nitrogens is 2. The predicted octanol–water partition coefficient (Wildman–Crippen LogP) is 3.44. The zero-order valence-corrected chi connectivity index (χ0v) is 14.0. The molecule has 1 aromatic carbocycles. The second-order valence-corrected chi connectivity index (χ2v) is 6.60. The summed E-state index contributed by atoms with van der Waals surface area (Å²) in [5.41, 5.74) is 1.22. The molecule has 24 heavy (non-hydrogen) atoms. The quantitative estimate of drug-likeness (QED) is 0.837. The van der Waals surface area contributed by atoms with Crippen LogP contribution < -0.4 is 9.47 Å². The SMILES string of the molecule is Cc1nnc(CN(Cc2ccc3c(c2)OCO3)C2CCCCC2)o1. The van der Waals surface area contributed by atoms with Crippen molar-refractivity contribution in [2.24, 2.45) is 0 Å². The molecule has 1 saturated carbocycles. The number of ether oxygens (including phenoxy) is 2. The summed E-state index contributed by atoms with van der Waals surface area (Å²) in [6.07, 6.45) is 6.40. The summed E-state index contributed by atoms with van der Waals surface area (Å²) < 4.78 is 16.5. The minimum Gasteiger partial charge on any atom is -0.454 e. The molecule has 4 rings (SSSR count). The first kappa shape index (κ1) is 15.4. The van der Waals surface area contributed by atoms with Gasteiger partial charge in [0.05, 0.1) is 6.54 Å². The van der Waals surface area contributed by atoms with E-state index in [0.29, 0.717) is 31.2 Å². The minimum atomic E-state index is 0.312. The molecule has 0 N–H and O–H groups in total. The van der Waals surface area contributed by atoms with Crippen molar-refractivity contribution in [3.8, 4) is 11.5 Å². The first-order chi connectivity index (χ1) is 11.8. The molecular weight excluding hydrogens is 306 g/mol. The third kappa shape index (κ3) is 3.38. The Morgan fingerprint density at radius 2 is 1.88 bits per heavy atom. The average Bonchev–Trinajstić information content (AvgIpc) is 3.23. The van der Waals surface area contributed by atoms with Gasteiger partial charge in [-0.05, 0) is 30.5 Å². The summed E-state index contributed by atoms with van der Waals surface area (Å²) in [7, 11) is 0. The van der Waals surface area contributed by atoms with Gasteiger partial charge in [0.2, 0.25) is 18.6 Å². The standard InChI is InChI=1S/C18H23N3O3/c1-13-19-20-18(24-13)11-21(15-5-3-2-4-6-15)10-14-7-8-16-17(9-14)23-12-22-16/h7-9,15H,2-6,10-12H2,1H3. The lowest BCUT2D eigenvalue weighted by Gasteiger charge is -2.33. The zero-order valence-electron chi connectivity index (χ0n) is 14.0. The number of rotatable bonds is 5. The van der Waals surface area contributed by atoms with Crippen LogP contribution in [0.5, 0.6) is 11.5 Å². The predicted molar refractivity (Wildman–Crippen MR) is 87.7 cm³/mol. The molecule has 6 heteroatoms. The number of fused-ring (bicyclic) bond motifs is 1. The highest BCUT2D eigenvalue weighted by Crippen LogP contribution is 2.33. The Morgan fingerprint density at radius 1 is 1.04 bits per heavy atom. The number of hydrogen-bond donors (Lipinski definition) is 0. The van der Waals surface area contributed by atoms with Gasteiger partial charge in [0.15, 0.2) is 11.5 Å². The topological polar surface area (TPSA) is 60.6 Å². The van der Waals surface area contributed by atoms with Crippen LogP contribution in [0, 0.1) is 6.92 Å². The van der Waals surface area contributed by atoms with E-state index in [4.69, 9.17) is 13.9 Å². The van der Waals surface area contributed by atoms with Crippen LogP contribution >= 0.6 is 0 Å². The molecule has 6 nitrogen and oxygen atoms in total. The van der Waals surface area contributed by atoms with Crippen molar-refractivity contribution >= 4 is 0 Å². The van der Waals surface area contributed by atoms with Crippen LogP contribution in [0.3, 0.4) is 0 Å². The highest BCUT2D eigenvalue weighted by atomic mass is 16.7. The molecule has 2 aromatic rings. The van der Waals surface area contributed by atoms with Crippen LogP contribution in [0.2, 0.25) is 0 Å². The number of benzene rings is 1. The summed E-state index contributed by atoms with van der Waals surface area (Å²) in [4.78, 5) is 2.46. The van der Waals surface area contributed by atoms with Crippen LogP contribution in [0.4, 0.5) is 0 Å². The molecule has 0 saturated heterocycles. The van der Waals surface area contributed by atoms with Crippen molar-refractivity contribution < 1.29 is 13.9 Å². The van der Waals surface area contributed by atoms with Crippen molar-refractivity contribution in [3.05, 3.63) is 35.5 Å². The molecule has 0 spiro atoms. The van der Waals surface area contributed by atoms with Gasteiger partial charge in [-0.15, -0.1) is 10.2 Å². The maximum Gasteiger partial charge on any atom is 0.231 e. The molecule has 0 amide bonds. The number of hydrogen-bond acceptors (Lipinski definition) is 6. The Kier molecular flexibility index (Phi) is 4.38. The summed E-state index contributed by atoms with van der Waals surface area (Å²) in [6.45, 7) is 3.69. The Hall–Kier alpha value is -2.08. The minimum absolute atomic E-state index is 0.312. The summed E-state index contributed by atoms with van der Waals surface area (Å²) in [5.74, 6) is 2.98.